The Balaban J connectivity index is 1.57. The largest absolute Gasteiger partial charge is 0.325 e. The summed E-state index contributed by atoms with van der Waals surface area (Å²) < 4.78 is 1.91. The average Bonchev–Trinajstić information content (AvgIpc) is 3.02. The van der Waals surface area contributed by atoms with Crippen molar-refractivity contribution in [2.24, 2.45) is 0 Å². The third-order valence-electron chi connectivity index (χ3n) is 4.04. The average molecular weight is 336 g/mol. The van der Waals surface area contributed by atoms with Crippen molar-refractivity contribution in [2.75, 3.05) is 5.32 Å². The van der Waals surface area contributed by atoms with Crippen LogP contribution in [-0.4, -0.2) is 25.9 Å². The Kier molecular flexibility index (Phi) is 4.04. The molecule has 0 fully saturated rings. The van der Waals surface area contributed by atoms with Gasteiger partial charge in [-0.2, -0.15) is 0 Å². The maximum Gasteiger partial charge on any atom is 0.237 e. The number of carbonyl (C=O) groups excluding carboxylic acids is 1. The number of para-hydroxylation sites is 2. The molecule has 0 bridgehead atoms. The van der Waals surface area contributed by atoms with Gasteiger partial charge in [-0.1, -0.05) is 48.2 Å². The van der Waals surface area contributed by atoms with E-state index < -0.39 is 0 Å². The van der Waals surface area contributed by atoms with Crippen LogP contribution in [0.1, 0.15) is 12.0 Å². The Morgan fingerprint density at radius 1 is 1.08 bits per heavy atom. The van der Waals surface area contributed by atoms with E-state index in [1.165, 1.54) is 17.3 Å². The van der Waals surface area contributed by atoms with E-state index in [1.54, 1.807) is 6.33 Å². The van der Waals surface area contributed by atoms with Crippen LogP contribution in [0.5, 0.6) is 0 Å². The van der Waals surface area contributed by atoms with Gasteiger partial charge in [0.15, 0.2) is 5.16 Å². The summed E-state index contributed by atoms with van der Waals surface area (Å²) in [5, 5.41) is 11.8. The molecule has 0 aliphatic carbocycles. The van der Waals surface area contributed by atoms with Crippen LogP contribution in [0, 0.1) is 0 Å². The summed E-state index contributed by atoms with van der Waals surface area (Å²) in [6, 6.07) is 17.9. The van der Waals surface area contributed by atoms with Crippen LogP contribution in [0.25, 0.3) is 5.69 Å². The van der Waals surface area contributed by atoms with Crippen LogP contribution in [-0.2, 0) is 11.2 Å². The molecule has 5 nitrogen and oxygen atoms in total. The molecule has 0 saturated heterocycles. The minimum Gasteiger partial charge on any atom is -0.325 e. The summed E-state index contributed by atoms with van der Waals surface area (Å²) >= 11 is 1.46. The number of rotatable bonds is 3. The van der Waals surface area contributed by atoms with Gasteiger partial charge in [-0.3, -0.25) is 9.36 Å². The van der Waals surface area contributed by atoms with Crippen molar-refractivity contribution >= 4 is 23.4 Å². The molecule has 0 saturated carbocycles. The molecule has 120 valence electrons. The molecule has 2 heterocycles. The summed E-state index contributed by atoms with van der Waals surface area (Å²) in [6.45, 7) is 0. The summed E-state index contributed by atoms with van der Waals surface area (Å²) in [6.07, 6.45) is 3.32. The number of hydrogen-bond acceptors (Lipinski definition) is 4. The third kappa shape index (κ3) is 2.92. The van der Waals surface area contributed by atoms with Crippen LogP contribution in [0.2, 0.25) is 0 Å². The Morgan fingerprint density at radius 3 is 2.75 bits per heavy atom. The molecule has 1 aliphatic rings. The highest BCUT2D eigenvalue weighted by Gasteiger charge is 2.26. The van der Waals surface area contributed by atoms with Crippen molar-refractivity contribution in [2.45, 2.75) is 23.2 Å². The van der Waals surface area contributed by atoms with Gasteiger partial charge < -0.3 is 5.32 Å². The number of carbonyl (C=O) groups is 1. The maximum absolute atomic E-state index is 12.6. The van der Waals surface area contributed by atoms with Gasteiger partial charge in [0.1, 0.15) is 6.33 Å². The second kappa shape index (κ2) is 6.49. The number of benzene rings is 2. The third-order valence-corrected chi connectivity index (χ3v) is 5.27. The van der Waals surface area contributed by atoms with Gasteiger partial charge in [0.25, 0.3) is 0 Å². The van der Waals surface area contributed by atoms with E-state index in [0.29, 0.717) is 0 Å². The number of nitrogens with one attached hydrogen (secondary N) is 1. The fraction of sp³-hybridized carbons (Fsp3) is 0.167. The van der Waals surface area contributed by atoms with Crippen LogP contribution in [0.4, 0.5) is 5.69 Å². The zero-order chi connectivity index (χ0) is 16.4. The molecule has 1 aromatic heterocycles. The molecule has 1 unspecified atom stereocenters. The summed E-state index contributed by atoms with van der Waals surface area (Å²) in [5.41, 5.74) is 3.08. The molecule has 4 rings (SSSR count). The van der Waals surface area contributed by atoms with Crippen LogP contribution in [0.15, 0.2) is 66.1 Å². The fourth-order valence-electron chi connectivity index (χ4n) is 2.80. The van der Waals surface area contributed by atoms with Crippen LogP contribution >= 0.6 is 11.8 Å². The van der Waals surface area contributed by atoms with E-state index in [2.05, 4.69) is 21.6 Å². The second-order valence-electron chi connectivity index (χ2n) is 5.61. The van der Waals surface area contributed by atoms with Crippen molar-refractivity contribution in [3.05, 3.63) is 66.5 Å². The maximum atomic E-state index is 12.6. The molecule has 1 amide bonds. The predicted molar refractivity (Wildman–Crippen MR) is 94.4 cm³/mol. The van der Waals surface area contributed by atoms with Gasteiger partial charge >= 0.3 is 0 Å². The highest BCUT2D eigenvalue weighted by molar-refractivity contribution is 8.00. The van der Waals surface area contributed by atoms with Gasteiger partial charge in [0.05, 0.1) is 5.25 Å². The fourth-order valence-corrected chi connectivity index (χ4v) is 3.82. The number of aromatic nitrogens is 3. The Bertz CT molecular complexity index is 862. The molecule has 1 atom stereocenters. The smallest absolute Gasteiger partial charge is 0.237 e. The van der Waals surface area contributed by atoms with E-state index >= 15 is 0 Å². The van der Waals surface area contributed by atoms with E-state index in [0.717, 1.165) is 29.4 Å². The number of amides is 1. The van der Waals surface area contributed by atoms with E-state index in [9.17, 15) is 4.79 Å². The van der Waals surface area contributed by atoms with Gasteiger partial charge in [-0.25, -0.2) is 0 Å². The lowest BCUT2D eigenvalue weighted by Crippen LogP contribution is -2.24. The quantitative estimate of drug-likeness (QED) is 0.797. The molecule has 3 aromatic rings. The van der Waals surface area contributed by atoms with E-state index in [4.69, 9.17) is 0 Å². The molecular weight excluding hydrogens is 320 g/mol. The van der Waals surface area contributed by atoms with Crippen molar-refractivity contribution in [3.8, 4) is 5.69 Å². The Morgan fingerprint density at radius 2 is 1.88 bits per heavy atom. The number of nitrogens with zero attached hydrogens (tertiary/aromatic N) is 3. The zero-order valence-corrected chi connectivity index (χ0v) is 13.7. The van der Waals surface area contributed by atoms with Crippen LogP contribution in [0.3, 0.4) is 0 Å². The first kappa shape index (κ1) is 15.0. The number of anilines is 1. The first-order valence-electron chi connectivity index (χ1n) is 7.82. The van der Waals surface area contributed by atoms with Gasteiger partial charge in [0.2, 0.25) is 5.91 Å². The second-order valence-corrected chi connectivity index (χ2v) is 6.78. The lowest BCUT2D eigenvalue weighted by Gasteiger charge is -2.13. The predicted octanol–water partition coefficient (Wildman–Crippen LogP) is 3.31. The molecule has 24 heavy (non-hydrogen) atoms. The molecule has 6 heteroatoms. The van der Waals surface area contributed by atoms with Gasteiger partial charge in [-0.15, -0.1) is 10.2 Å². The normalized spacial score (nSPS) is 17.0. The van der Waals surface area contributed by atoms with E-state index in [-0.39, 0.29) is 11.2 Å². The van der Waals surface area contributed by atoms with Gasteiger partial charge in [-0.05, 0) is 36.6 Å². The monoisotopic (exact) mass is 336 g/mol. The standard InChI is InChI=1S/C18H16N4OS/c23-17-16(11-10-13-6-4-5-9-15(13)20-17)24-18-21-19-12-22(18)14-7-2-1-3-8-14/h1-9,12,16H,10-11H2,(H,20,23). The summed E-state index contributed by atoms with van der Waals surface area (Å²) in [5.74, 6) is 0.0209. The number of thioether (sulfide) groups is 1. The van der Waals surface area contributed by atoms with Crippen molar-refractivity contribution in [3.63, 3.8) is 0 Å². The molecule has 1 aliphatic heterocycles. The van der Waals surface area contributed by atoms with Crippen LogP contribution < -0.4 is 5.32 Å². The number of hydrogen-bond donors (Lipinski definition) is 1. The minimum atomic E-state index is -0.191. The molecule has 1 N–H and O–H groups in total. The van der Waals surface area contributed by atoms with Crippen molar-refractivity contribution in [1.82, 2.24) is 14.8 Å². The van der Waals surface area contributed by atoms with E-state index in [1.807, 2.05) is 53.1 Å². The summed E-state index contributed by atoms with van der Waals surface area (Å²) in [7, 11) is 0. The van der Waals surface area contributed by atoms with Gasteiger partial charge in [0, 0.05) is 11.4 Å². The van der Waals surface area contributed by atoms with Crippen molar-refractivity contribution < 1.29 is 4.79 Å². The molecular formula is C18H16N4OS. The number of fused-ring (bicyclic) bond motifs is 1. The lowest BCUT2D eigenvalue weighted by atomic mass is 10.1. The molecule has 2 aromatic carbocycles. The lowest BCUT2D eigenvalue weighted by molar-refractivity contribution is -0.115. The first-order valence-corrected chi connectivity index (χ1v) is 8.70. The zero-order valence-electron chi connectivity index (χ0n) is 12.9. The molecule has 0 spiro atoms. The van der Waals surface area contributed by atoms with Crippen molar-refractivity contribution in [1.29, 1.82) is 0 Å². The Labute approximate surface area is 144 Å². The highest BCUT2D eigenvalue weighted by Crippen LogP contribution is 2.31. The topological polar surface area (TPSA) is 59.8 Å². The molecule has 0 radical (unpaired) electrons. The highest BCUT2D eigenvalue weighted by atomic mass is 32.2. The summed E-state index contributed by atoms with van der Waals surface area (Å²) in [4.78, 5) is 12.6. The minimum absolute atomic E-state index is 0.0209. The SMILES string of the molecule is O=C1Nc2ccccc2CCC1Sc1nncn1-c1ccccc1. The first-order chi connectivity index (χ1) is 11.8. The Hall–Kier alpha value is -2.60. The number of aryl methyl sites for hydroxylation is 1.